The Balaban J connectivity index is 1.58. The third-order valence-electron chi connectivity index (χ3n) is 5.29. The number of carbonyl (C=O) groups is 1. The Bertz CT molecular complexity index is 730. The topological polar surface area (TPSA) is 43.8 Å². The summed E-state index contributed by atoms with van der Waals surface area (Å²) in [7, 11) is 0. The number of rotatable bonds is 8. The molecular formula is C22H27ClN2O2. The molecule has 1 heterocycles. The van der Waals surface area contributed by atoms with Crippen LogP contribution >= 0.6 is 11.6 Å². The average molecular weight is 387 g/mol. The van der Waals surface area contributed by atoms with Crippen molar-refractivity contribution < 1.29 is 9.90 Å². The largest absolute Gasteiger partial charge is 0.481 e. The van der Waals surface area contributed by atoms with Crippen LogP contribution in [0.15, 0.2) is 54.6 Å². The van der Waals surface area contributed by atoms with E-state index in [1.807, 2.05) is 24.3 Å². The smallest absolute Gasteiger partial charge is 0.304 e. The van der Waals surface area contributed by atoms with Gasteiger partial charge in [-0.15, -0.1) is 0 Å². The maximum atomic E-state index is 11.1. The van der Waals surface area contributed by atoms with Gasteiger partial charge in [-0.1, -0.05) is 41.9 Å². The van der Waals surface area contributed by atoms with Crippen molar-refractivity contribution in [1.82, 2.24) is 4.90 Å². The Morgan fingerprint density at radius 2 is 1.81 bits per heavy atom. The van der Waals surface area contributed by atoms with Crippen LogP contribution in [0, 0.1) is 0 Å². The molecule has 0 saturated carbocycles. The van der Waals surface area contributed by atoms with Crippen molar-refractivity contribution in [2.24, 2.45) is 0 Å². The Kier molecular flexibility index (Phi) is 7.13. The second-order valence-corrected chi connectivity index (χ2v) is 7.55. The zero-order valence-corrected chi connectivity index (χ0v) is 16.3. The molecule has 1 fully saturated rings. The van der Waals surface area contributed by atoms with Gasteiger partial charge in [0, 0.05) is 42.9 Å². The van der Waals surface area contributed by atoms with Crippen LogP contribution in [0.2, 0.25) is 5.02 Å². The fourth-order valence-electron chi connectivity index (χ4n) is 3.81. The van der Waals surface area contributed by atoms with Gasteiger partial charge in [-0.3, -0.25) is 9.69 Å². The lowest BCUT2D eigenvalue weighted by atomic mass is 10.0. The second kappa shape index (κ2) is 9.77. The molecule has 0 aromatic heterocycles. The highest BCUT2D eigenvalue weighted by atomic mass is 35.5. The molecule has 3 rings (SSSR count). The van der Waals surface area contributed by atoms with E-state index in [1.54, 1.807) is 0 Å². The second-order valence-electron chi connectivity index (χ2n) is 7.11. The highest BCUT2D eigenvalue weighted by Gasteiger charge is 2.25. The number of aliphatic carboxylic acids is 1. The molecule has 0 atom stereocenters. The molecule has 0 radical (unpaired) electrons. The highest BCUT2D eigenvalue weighted by Crippen LogP contribution is 2.23. The van der Waals surface area contributed by atoms with Gasteiger partial charge in [0.1, 0.15) is 0 Å². The maximum absolute atomic E-state index is 11.1. The molecule has 0 aliphatic carbocycles. The van der Waals surface area contributed by atoms with Crippen LogP contribution in [-0.2, 0) is 11.2 Å². The first-order chi connectivity index (χ1) is 13.1. The zero-order chi connectivity index (χ0) is 19.1. The van der Waals surface area contributed by atoms with Crippen molar-refractivity contribution in [3.8, 4) is 0 Å². The summed E-state index contributed by atoms with van der Waals surface area (Å²) in [6.45, 7) is 3.49. The predicted octanol–water partition coefficient (Wildman–Crippen LogP) is 4.33. The molecule has 0 amide bonds. The van der Waals surface area contributed by atoms with Crippen LogP contribution in [0.4, 0.5) is 5.69 Å². The maximum Gasteiger partial charge on any atom is 0.304 e. The predicted molar refractivity (Wildman–Crippen MR) is 111 cm³/mol. The van der Waals surface area contributed by atoms with Crippen molar-refractivity contribution in [3.63, 3.8) is 0 Å². The molecule has 144 valence electrons. The van der Waals surface area contributed by atoms with E-state index in [0.29, 0.717) is 12.6 Å². The van der Waals surface area contributed by atoms with Gasteiger partial charge in [0.15, 0.2) is 0 Å². The number of benzene rings is 2. The van der Waals surface area contributed by atoms with Crippen molar-refractivity contribution in [3.05, 3.63) is 65.2 Å². The van der Waals surface area contributed by atoms with Gasteiger partial charge in [-0.05, 0) is 49.1 Å². The van der Waals surface area contributed by atoms with Gasteiger partial charge >= 0.3 is 5.97 Å². The Morgan fingerprint density at radius 3 is 2.48 bits per heavy atom. The minimum absolute atomic E-state index is 0.189. The summed E-state index contributed by atoms with van der Waals surface area (Å²) in [6.07, 6.45) is 3.20. The molecule has 5 heteroatoms. The number of piperidine rings is 1. The summed E-state index contributed by atoms with van der Waals surface area (Å²) in [5.74, 6) is -0.732. The fourth-order valence-corrected chi connectivity index (χ4v) is 4.02. The highest BCUT2D eigenvalue weighted by molar-refractivity contribution is 6.30. The first-order valence-corrected chi connectivity index (χ1v) is 10.00. The van der Waals surface area contributed by atoms with Crippen LogP contribution in [0.3, 0.4) is 0 Å². The normalized spacial score (nSPS) is 15.3. The lowest BCUT2D eigenvalue weighted by Crippen LogP contribution is -2.46. The van der Waals surface area contributed by atoms with E-state index in [9.17, 15) is 4.79 Å². The quantitative estimate of drug-likeness (QED) is 0.733. The van der Waals surface area contributed by atoms with E-state index >= 15 is 0 Å². The molecule has 4 nitrogen and oxygen atoms in total. The van der Waals surface area contributed by atoms with Crippen molar-refractivity contribution in [1.29, 1.82) is 0 Å². The SMILES string of the molecule is O=C(O)CCN(CCc1cccc(Cl)c1)C1CCN(c2ccccc2)CC1. The number of hydrogen-bond donors (Lipinski definition) is 1. The summed E-state index contributed by atoms with van der Waals surface area (Å²) < 4.78 is 0. The van der Waals surface area contributed by atoms with Gasteiger partial charge in [-0.2, -0.15) is 0 Å². The van der Waals surface area contributed by atoms with Crippen molar-refractivity contribution >= 4 is 23.3 Å². The lowest BCUT2D eigenvalue weighted by Gasteiger charge is -2.39. The third kappa shape index (κ3) is 5.98. The first kappa shape index (κ1) is 19.7. The molecule has 27 heavy (non-hydrogen) atoms. The van der Waals surface area contributed by atoms with Crippen LogP contribution < -0.4 is 4.90 Å². The van der Waals surface area contributed by atoms with Crippen LogP contribution in [0.25, 0.3) is 0 Å². The molecule has 1 saturated heterocycles. The molecule has 1 aliphatic heterocycles. The fraction of sp³-hybridized carbons (Fsp3) is 0.409. The minimum atomic E-state index is -0.732. The van der Waals surface area contributed by atoms with Gasteiger partial charge in [0.2, 0.25) is 0 Å². The van der Waals surface area contributed by atoms with E-state index in [1.165, 1.54) is 11.3 Å². The first-order valence-electron chi connectivity index (χ1n) is 9.62. The number of carboxylic acid groups (broad SMARTS) is 1. The van der Waals surface area contributed by atoms with Crippen LogP contribution in [0.1, 0.15) is 24.8 Å². The summed E-state index contributed by atoms with van der Waals surface area (Å²) in [5.41, 5.74) is 2.47. The van der Waals surface area contributed by atoms with Gasteiger partial charge in [0.05, 0.1) is 6.42 Å². The van der Waals surface area contributed by atoms with Crippen LogP contribution in [-0.4, -0.2) is 48.2 Å². The summed E-state index contributed by atoms with van der Waals surface area (Å²) >= 11 is 6.09. The summed E-state index contributed by atoms with van der Waals surface area (Å²) in [6, 6.07) is 18.9. The van der Waals surface area contributed by atoms with E-state index in [-0.39, 0.29) is 6.42 Å². The molecule has 0 spiro atoms. The number of para-hydroxylation sites is 1. The minimum Gasteiger partial charge on any atom is -0.481 e. The third-order valence-corrected chi connectivity index (χ3v) is 5.53. The number of anilines is 1. The zero-order valence-electron chi connectivity index (χ0n) is 15.6. The molecule has 2 aromatic rings. The van der Waals surface area contributed by atoms with Gasteiger partial charge in [0.25, 0.3) is 0 Å². The van der Waals surface area contributed by atoms with E-state index in [2.05, 4.69) is 40.1 Å². The summed E-state index contributed by atoms with van der Waals surface area (Å²) in [4.78, 5) is 15.9. The number of halogens is 1. The van der Waals surface area contributed by atoms with E-state index in [4.69, 9.17) is 16.7 Å². The van der Waals surface area contributed by atoms with Crippen molar-refractivity contribution in [2.45, 2.75) is 31.7 Å². The Hall–Kier alpha value is -2.04. The molecule has 2 aromatic carbocycles. The lowest BCUT2D eigenvalue weighted by molar-refractivity contribution is -0.137. The van der Waals surface area contributed by atoms with Gasteiger partial charge < -0.3 is 10.0 Å². The van der Waals surface area contributed by atoms with E-state index in [0.717, 1.165) is 43.9 Å². The van der Waals surface area contributed by atoms with E-state index < -0.39 is 5.97 Å². The molecular weight excluding hydrogens is 360 g/mol. The standard InChI is InChI=1S/C22H27ClN2O2/c23-19-6-4-5-18(17-19)9-13-24(16-12-22(26)27)21-10-14-25(15-11-21)20-7-2-1-3-8-20/h1-8,17,21H,9-16H2,(H,26,27). The molecule has 0 bridgehead atoms. The molecule has 1 N–H and O–H groups in total. The average Bonchev–Trinajstić information content (AvgIpc) is 2.69. The molecule has 1 aliphatic rings. The summed E-state index contributed by atoms with van der Waals surface area (Å²) in [5, 5.41) is 9.87. The Labute approximate surface area is 166 Å². The number of hydrogen-bond acceptors (Lipinski definition) is 3. The van der Waals surface area contributed by atoms with Crippen LogP contribution in [0.5, 0.6) is 0 Å². The van der Waals surface area contributed by atoms with Gasteiger partial charge in [-0.25, -0.2) is 0 Å². The monoisotopic (exact) mass is 386 g/mol. The number of carboxylic acids is 1. The molecule has 0 unspecified atom stereocenters. The van der Waals surface area contributed by atoms with Crippen molar-refractivity contribution in [2.75, 3.05) is 31.1 Å². The number of nitrogens with zero attached hydrogens (tertiary/aromatic N) is 2. The Morgan fingerprint density at radius 1 is 1.07 bits per heavy atom.